The van der Waals surface area contributed by atoms with Crippen LogP contribution in [-0.2, 0) is 0 Å². The Kier molecular flexibility index (Phi) is 3.70. The quantitative estimate of drug-likeness (QED) is 0.796. The fourth-order valence-electron chi connectivity index (χ4n) is 1.80. The van der Waals surface area contributed by atoms with Crippen LogP contribution in [0.4, 0.5) is 0 Å². The Bertz CT molecular complexity index is 722. The molecule has 1 aromatic carbocycles. The molecule has 6 heteroatoms. The third-order valence-corrected chi connectivity index (χ3v) is 4.19. The van der Waals surface area contributed by atoms with E-state index in [9.17, 15) is 9.59 Å². The summed E-state index contributed by atoms with van der Waals surface area (Å²) in [7, 11) is 0. The van der Waals surface area contributed by atoms with E-state index < -0.39 is 11.5 Å². The average molecular weight is 370 g/mol. The molecule has 2 rings (SSSR count). The molecule has 0 bridgehead atoms. The first-order chi connectivity index (χ1) is 8.91. The first-order valence-corrected chi connectivity index (χ1v) is 6.59. The average Bonchev–Trinajstić information content (AvgIpc) is 2.31. The van der Waals surface area contributed by atoms with Gasteiger partial charge in [0.25, 0.3) is 5.56 Å². The number of carboxylic acids is 1. The number of carbonyl (C=O) groups is 1. The molecular formula is C13H11IN2O3. The third-order valence-electron chi connectivity index (χ3n) is 2.76. The smallest absolute Gasteiger partial charge is 0.343 e. The standard InChI is InChI=1S/C13H11IN2O3/c1-6-4-3-5-8(10(6)14)11-15-7(2)9(13(18)19)12(17)16-11/h3-5H,1-2H3,(H,18,19)(H,15,16,17). The second-order valence-corrected chi connectivity index (χ2v) is 5.20. The molecule has 0 unspecified atom stereocenters. The number of H-pyrrole nitrogens is 1. The van der Waals surface area contributed by atoms with Crippen LogP contribution in [0.15, 0.2) is 23.0 Å². The lowest BCUT2D eigenvalue weighted by molar-refractivity contribution is 0.0693. The molecule has 5 nitrogen and oxygen atoms in total. The summed E-state index contributed by atoms with van der Waals surface area (Å²) in [4.78, 5) is 29.5. The van der Waals surface area contributed by atoms with Crippen molar-refractivity contribution in [3.05, 3.63) is 48.9 Å². The van der Waals surface area contributed by atoms with Gasteiger partial charge in [-0.3, -0.25) is 4.79 Å². The van der Waals surface area contributed by atoms with E-state index >= 15 is 0 Å². The Labute approximate surface area is 122 Å². The number of aromatic carboxylic acids is 1. The van der Waals surface area contributed by atoms with Gasteiger partial charge in [0.1, 0.15) is 11.4 Å². The second kappa shape index (κ2) is 5.12. The molecule has 0 saturated carbocycles. The summed E-state index contributed by atoms with van der Waals surface area (Å²) < 4.78 is 0.978. The van der Waals surface area contributed by atoms with Crippen LogP contribution in [0.1, 0.15) is 21.6 Å². The van der Waals surface area contributed by atoms with Gasteiger partial charge in [0, 0.05) is 9.13 Å². The van der Waals surface area contributed by atoms with Crippen molar-refractivity contribution in [1.29, 1.82) is 0 Å². The predicted molar refractivity (Wildman–Crippen MR) is 79.4 cm³/mol. The van der Waals surface area contributed by atoms with Gasteiger partial charge in [-0.25, -0.2) is 9.78 Å². The van der Waals surface area contributed by atoms with E-state index in [1.54, 1.807) is 0 Å². The number of nitrogens with one attached hydrogen (secondary N) is 1. The lowest BCUT2D eigenvalue weighted by atomic mass is 10.1. The summed E-state index contributed by atoms with van der Waals surface area (Å²) >= 11 is 2.18. The lowest BCUT2D eigenvalue weighted by Gasteiger charge is -2.08. The molecule has 0 amide bonds. The van der Waals surface area contributed by atoms with E-state index in [4.69, 9.17) is 5.11 Å². The zero-order valence-electron chi connectivity index (χ0n) is 10.3. The molecule has 0 saturated heterocycles. The summed E-state index contributed by atoms with van der Waals surface area (Å²) in [5.74, 6) is -0.877. The number of nitrogens with zero attached hydrogens (tertiary/aromatic N) is 1. The molecule has 0 aliphatic heterocycles. The van der Waals surface area contributed by atoms with Gasteiger partial charge in [0.2, 0.25) is 0 Å². The van der Waals surface area contributed by atoms with Crippen LogP contribution in [0, 0.1) is 17.4 Å². The Morgan fingerprint density at radius 3 is 2.63 bits per heavy atom. The van der Waals surface area contributed by atoms with Crippen molar-refractivity contribution in [2.75, 3.05) is 0 Å². The summed E-state index contributed by atoms with van der Waals surface area (Å²) in [6.07, 6.45) is 0. The molecule has 0 aliphatic carbocycles. The number of benzene rings is 1. The molecule has 2 N–H and O–H groups in total. The molecular weight excluding hydrogens is 359 g/mol. The monoisotopic (exact) mass is 370 g/mol. The topological polar surface area (TPSA) is 83.0 Å². The molecule has 1 aromatic heterocycles. The van der Waals surface area contributed by atoms with Crippen molar-refractivity contribution in [2.24, 2.45) is 0 Å². The van der Waals surface area contributed by atoms with E-state index in [2.05, 4.69) is 32.6 Å². The van der Waals surface area contributed by atoms with Crippen LogP contribution in [0.2, 0.25) is 0 Å². The highest BCUT2D eigenvalue weighted by atomic mass is 127. The Balaban J connectivity index is 2.69. The highest BCUT2D eigenvalue weighted by Gasteiger charge is 2.16. The first kappa shape index (κ1) is 13.7. The second-order valence-electron chi connectivity index (χ2n) is 4.12. The van der Waals surface area contributed by atoms with Crippen molar-refractivity contribution in [3.63, 3.8) is 0 Å². The van der Waals surface area contributed by atoms with Gasteiger partial charge in [-0.05, 0) is 42.0 Å². The fraction of sp³-hybridized carbons (Fsp3) is 0.154. The first-order valence-electron chi connectivity index (χ1n) is 5.51. The maximum Gasteiger partial charge on any atom is 0.343 e. The van der Waals surface area contributed by atoms with Crippen LogP contribution in [0.25, 0.3) is 11.4 Å². The highest BCUT2D eigenvalue weighted by molar-refractivity contribution is 14.1. The van der Waals surface area contributed by atoms with Crippen LogP contribution in [0.5, 0.6) is 0 Å². The number of rotatable bonds is 2. The van der Waals surface area contributed by atoms with Crippen LogP contribution >= 0.6 is 22.6 Å². The summed E-state index contributed by atoms with van der Waals surface area (Å²) in [5.41, 5.74) is 1.13. The van der Waals surface area contributed by atoms with Gasteiger partial charge in [0.15, 0.2) is 0 Å². The largest absolute Gasteiger partial charge is 0.477 e. The van der Waals surface area contributed by atoms with Crippen LogP contribution < -0.4 is 5.56 Å². The minimum atomic E-state index is -1.27. The zero-order chi connectivity index (χ0) is 14.2. The molecule has 1 heterocycles. The third kappa shape index (κ3) is 2.53. The van der Waals surface area contributed by atoms with E-state index in [-0.39, 0.29) is 11.3 Å². The van der Waals surface area contributed by atoms with Gasteiger partial charge in [-0.1, -0.05) is 18.2 Å². The van der Waals surface area contributed by atoms with E-state index in [1.165, 1.54) is 6.92 Å². The normalized spacial score (nSPS) is 10.5. The van der Waals surface area contributed by atoms with Gasteiger partial charge in [-0.2, -0.15) is 0 Å². The number of carboxylic acid groups (broad SMARTS) is 1. The van der Waals surface area contributed by atoms with Crippen LogP contribution in [-0.4, -0.2) is 21.0 Å². The van der Waals surface area contributed by atoms with Crippen molar-refractivity contribution in [3.8, 4) is 11.4 Å². The molecule has 0 aliphatic rings. The van der Waals surface area contributed by atoms with Crippen LogP contribution in [0.3, 0.4) is 0 Å². The lowest BCUT2D eigenvalue weighted by Crippen LogP contribution is -2.21. The van der Waals surface area contributed by atoms with E-state index in [0.717, 1.165) is 14.7 Å². The number of aromatic amines is 1. The van der Waals surface area contributed by atoms with Crippen molar-refractivity contribution in [1.82, 2.24) is 9.97 Å². The fourth-order valence-corrected chi connectivity index (χ4v) is 2.41. The zero-order valence-corrected chi connectivity index (χ0v) is 12.5. The number of halogens is 1. The highest BCUT2D eigenvalue weighted by Crippen LogP contribution is 2.24. The van der Waals surface area contributed by atoms with E-state index in [1.807, 2.05) is 25.1 Å². The number of aryl methyl sites for hydroxylation is 2. The number of aromatic nitrogens is 2. The van der Waals surface area contributed by atoms with Crippen molar-refractivity contribution in [2.45, 2.75) is 13.8 Å². The Hall–Kier alpha value is -1.70. The van der Waals surface area contributed by atoms with Gasteiger partial charge in [0.05, 0.1) is 5.69 Å². The van der Waals surface area contributed by atoms with Gasteiger partial charge >= 0.3 is 5.97 Å². The summed E-state index contributed by atoms with van der Waals surface area (Å²) in [5, 5.41) is 8.95. The molecule has 98 valence electrons. The Morgan fingerprint density at radius 1 is 1.37 bits per heavy atom. The number of hydrogen-bond donors (Lipinski definition) is 2. The molecule has 0 radical (unpaired) electrons. The molecule has 2 aromatic rings. The van der Waals surface area contributed by atoms with Crippen molar-refractivity contribution >= 4 is 28.6 Å². The SMILES string of the molecule is Cc1cccc(-c2nc(C)c(C(=O)O)c(=O)[nH]2)c1I. The van der Waals surface area contributed by atoms with Gasteiger partial charge in [-0.15, -0.1) is 0 Å². The molecule has 0 fully saturated rings. The Morgan fingerprint density at radius 2 is 2.05 bits per heavy atom. The van der Waals surface area contributed by atoms with E-state index in [0.29, 0.717) is 5.82 Å². The predicted octanol–water partition coefficient (Wildman–Crippen LogP) is 2.36. The summed E-state index contributed by atoms with van der Waals surface area (Å²) in [6.45, 7) is 3.48. The maximum absolute atomic E-state index is 11.8. The molecule has 19 heavy (non-hydrogen) atoms. The minimum Gasteiger partial charge on any atom is -0.477 e. The van der Waals surface area contributed by atoms with Crippen molar-refractivity contribution < 1.29 is 9.90 Å². The minimum absolute atomic E-state index is 0.212. The number of hydrogen-bond acceptors (Lipinski definition) is 3. The van der Waals surface area contributed by atoms with Gasteiger partial charge < -0.3 is 10.1 Å². The summed E-state index contributed by atoms with van der Waals surface area (Å²) in [6, 6.07) is 5.67. The molecule has 0 spiro atoms. The molecule has 0 atom stereocenters. The maximum atomic E-state index is 11.8.